The number of hydrogen-bond donors (Lipinski definition) is 0. The van der Waals surface area contributed by atoms with Crippen LogP contribution in [-0.2, 0) is 12.2 Å². The lowest BCUT2D eigenvalue weighted by Gasteiger charge is -2.07. The molecular formula is C17H24FN3S2. The van der Waals surface area contributed by atoms with Gasteiger partial charge in [0.25, 0.3) is 0 Å². The summed E-state index contributed by atoms with van der Waals surface area (Å²) < 4.78 is 15.4. The van der Waals surface area contributed by atoms with Gasteiger partial charge >= 0.3 is 0 Å². The summed E-state index contributed by atoms with van der Waals surface area (Å²) in [7, 11) is 0. The molecule has 0 saturated heterocycles. The van der Waals surface area contributed by atoms with Crippen LogP contribution in [0.3, 0.4) is 0 Å². The second-order valence-corrected chi connectivity index (χ2v) is 7.38. The molecule has 1 aromatic heterocycles. The molecule has 2 aromatic rings. The molecule has 23 heavy (non-hydrogen) atoms. The highest BCUT2D eigenvalue weighted by atomic mass is 32.2. The maximum atomic E-state index is 13.5. The average Bonchev–Trinajstić information content (AvgIpc) is 2.93. The number of aryl methyl sites for hydroxylation is 2. The molecule has 0 radical (unpaired) electrons. The Balaban J connectivity index is 2.17. The molecule has 0 atom stereocenters. The number of benzene rings is 1. The zero-order valence-corrected chi connectivity index (χ0v) is 15.6. The molecule has 0 unspecified atom stereocenters. The quantitative estimate of drug-likeness (QED) is 0.614. The van der Waals surface area contributed by atoms with Crippen molar-refractivity contribution in [2.45, 2.75) is 38.4 Å². The van der Waals surface area contributed by atoms with Crippen LogP contribution in [0.5, 0.6) is 0 Å². The Morgan fingerprint density at radius 3 is 2.65 bits per heavy atom. The van der Waals surface area contributed by atoms with Gasteiger partial charge in [-0.1, -0.05) is 6.42 Å². The molecular weight excluding hydrogens is 329 g/mol. The predicted octanol–water partition coefficient (Wildman–Crippen LogP) is 4.65. The Bertz CT molecular complexity index is 628. The molecule has 0 aliphatic rings. The first-order valence-electron chi connectivity index (χ1n) is 7.85. The summed E-state index contributed by atoms with van der Waals surface area (Å²) in [6, 6.07) is 5.12. The average molecular weight is 354 g/mol. The summed E-state index contributed by atoms with van der Waals surface area (Å²) in [5.74, 6) is 3.65. The number of hydrogen-bond acceptors (Lipinski definition) is 4. The van der Waals surface area contributed by atoms with Gasteiger partial charge in [-0.2, -0.15) is 28.6 Å². The van der Waals surface area contributed by atoms with Crippen LogP contribution in [0.2, 0.25) is 0 Å². The largest absolute Gasteiger partial charge is 0.218 e. The zero-order chi connectivity index (χ0) is 16.7. The van der Waals surface area contributed by atoms with Crippen molar-refractivity contribution in [2.75, 3.05) is 18.3 Å². The van der Waals surface area contributed by atoms with Gasteiger partial charge in [-0.25, -0.2) is 14.1 Å². The fourth-order valence-electron chi connectivity index (χ4n) is 2.42. The minimum atomic E-state index is -0.184. The molecule has 6 heteroatoms. The van der Waals surface area contributed by atoms with Crippen LogP contribution >= 0.6 is 23.5 Å². The van der Waals surface area contributed by atoms with E-state index in [2.05, 4.69) is 16.3 Å². The Morgan fingerprint density at radius 1 is 1.13 bits per heavy atom. The van der Waals surface area contributed by atoms with Gasteiger partial charge in [0.15, 0.2) is 5.82 Å². The SMILES string of the molecule is CSCCCCCc1nc(CSC)nn1-c1ccc(F)c(C)c1. The summed E-state index contributed by atoms with van der Waals surface area (Å²) in [5.41, 5.74) is 1.53. The van der Waals surface area contributed by atoms with Crippen molar-refractivity contribution in [1.82, 2.24) is 14.8 Å². The molecule has 0 fully saturated rings. The van der Waals surface area contributed by atoms with E-state index in [4.69, 9.17) is 0 Å². The molecule has 0 bridgehead atoms. The summed E-state index contributed by atoms with van der Waals surface area (Å²) in [6.45, 7) is 1.78. The van der Waals surface area contributed by atoms with E-state index in [0.717, 1.165) is 35.9 Å². The second-order valence-electron chi connectivity index (χ2n) is 5.53. The van der Waals surface area contributed by atoms with E-state index in [1.165, 1.54) is 24.7 Å². The summed E-state index contributed by atoms with van der Waals surface area (Å²) in [6.07, 6.45) is 8.65. The lowest BCUT2D eigenvalue weighted by Crippen LogP contribution is -2.04. The topological polar surface area (TPSA) is 30.7 Å². The fourth-order valence-corrected chi connectivity index (χ4v) is 3.29. The van der Waals surface area contributed by atoms with E-state index < -0.39 is 0 Å². The van der Waals surface area contributed by atoms with Gasteiger partial charge in [0.2, 0.25) is 0 Å². The van der Waals surface area contributed by atoms with Crippen molar-refractivity contribution in [3.05, 3.63) is 41.2 Å². The maximum absolute atomic E-state index is 13.5. The van der Waals surface area contributed by atoms with Crippen LogP contribution in [0, 0.1) is 12.7 Å². The molecule has 0 spiro atoms. The minimum absolute atomic E-state index is 0.184. The number of aromatic nitrogens is 3. The van der Waals surface area contributed by atoms with Crippen LogP contribution in [-0.4, -0.2) is 33.0 Å². The molecule has 0 N–H and O–H groups in total. The first kappa shape index (κ1) is 18.3. The lowest BCUT2D eigenvalue weighted by molar-refractivity contribution is 0.616. The van der Waals surface area contributed by atoms with E-state index in [1.807, 2.05) is 28.8 Å². The molecule has 0 saturated carbocycles. The molecule has 0 aliphatic carbocycles. The molecule has 0 aliphatic heterocycles. The summed E-state index contributed by atoms with van der Waals surface area (Å²) >= 11 is 3.60. The van der Waals surface area contributed by atoms with E-state index in [-0.39, 0.29) is 5.82 Å². The van der Waals surface area contributed by atoms with Crippen molar-refractivity contribution >= 4 is 23.5 Å². The Labute approximate surface area is 146 Å². The highest BCUT2D eigenvalue weighted by Crippen LogP contribution is 2.18. The maximum Gasteiger partial charge on any atom is 0.161 e. The standard InChI is InChI=1S/C17H24FN3S2/c1-13-11-14(8-9-15(13)18)21-17(7-5-4-6-10-22-2)19-16(20-21)12-23-3/h8-9,11H,4-7,10,12H2,1-3H3. The summed E-state index contributed by atoms with van der Waals surface area (Å²) in [4.78, 5) is 4.68. The van der Waals surface area contributed by atoms with Crippen molar-refractivity contribution in [3.8, 4) is 5.69 Å². The smallest absolute Gasteiger partial charge is 0.161 e. The van der Waals surface area contributed by atoms with Crippen LogP contribution in [0.4, 0.5) is 4.39 Å². The molecule has 3 nitrogen and oxygen atoms in total. The van der Waals surface area contributed by atoms with Gasteiger partial charge in [-0.3, -0.25) is 0 Å². The van der Waals surface area contributed by atoms with Gasteiger partial charge in [-0.05, 0) is 61.8 Å². The first-order valence-corrected chi connectivity index (χ1v) is 10.6. The minimum Gasteiger partial charge on any atom is -0.218 e. The van der Waals surface area contributed by atoms with Gasteiger partial charge in [-0.15, -0.1) is 0 Å². The Morgan fingerprint density at radius 2 is 1.96 bits per heavy atom. The third-order valence-corrected chi connectivity index (χ3v) is 4.87. The number of thioether (sulfide) groups is 2. The Kier molecular flexibility index (Phi) is 7.43. The second kappa shape index (κ2) is 9.33. The van der Waals surface area contributed by atoms with Crippen molar-refractivity contribution < 1.29 is 4.39 Å². The number of halogens is 1. The monoisotopic (exact) mass is 353 g/mol. The highest BCUT2D eigenvalue weighted by Gasteiger charge is 2.12. The van der Waals surface area contributed by atoms with Gasteiger partial charge < -0.3 is 0 Å². The van der Waals surface area contributed by atoms with Crippen molar-refractivity contribution in [2.24, 2.45) is 0 Å². The predicted molar refractivity (Wildman–Crippen MR) is 99.2 cm³/mol. The highest BCUT2D eigenvalue weighted by molar-refractivity contribution is 7.98. The van der Waals surface area contributed by atoms with E-state index in [0.29, 0.717) is 5.56 Å². The van der Waals surface area contributed by atoms with Crippen LogP contribution in [0.25, 0.3) is 5.69 Å². The van der Waals surface area contributed by atoms with E-state index >= 15 is 0 Å². The Hall–Kier alpha value is -1.01. The van der Waals surface area contributed by atoms with Gasteiger partial charge in [0.1, 0.15) is 11.6 Å². The van der Waals surface area contributed by atoms with Crippen molar-refractivity contribution in [1.29, 1.82) is 0 Å². The molecule has 2 rings (SSSR count). The van der Waals surface area contributed by atoms with Crippen LogP contribution < -0.4 is 0 Å². The molecule has 126 valence electrons. The number of unbranched alkanes of at least 4 members (excludes halogenated alkanes) is 2. The molecule has 1 aromatic carbocycles. The van der Waals surface area contributed by atoms with E-state index in [9.17, 15) is 4.39 Å². The molecule has 1 heterocycles. The third-order valence-electron chi connectivity index (χ3n) is 3.63. The fraction of sp³-hybridized carbons (Fsp3) is 0.529. The zero-order valence-electron chi connectivity index (χ0n) is 14.0. The van der Waals surface area contributed by atoms with E-state index in [1.54, 1.807) is 24.8 Å². The van der Waals surface area contributed by atoms with Gasteiger partial charge in [0, 0.05) is 6.42 Å². The van der Waals surface area contributed by atoms with Crippen molar-refractivity contribution in [3.63, 3.8) is 0 Å². The van der Waals surface area contributed by atoms with Crippen LogP contribution in [0.15, 0.2) is 18.2 Å². The van der Waals surface area contributed by atoms with Gasteiger partial charge in [0.05, 0.1) is 11.4 Å². The number of nitrogens with zero attached hydrogens (tertiary/aromatic N) is 3. The first-order chi connectivity index (χ1) is 11.2. The van der Waals surface area contributed by atoms with Crippen LogP contribution in [0.1, 0.15) is 36.5 Å². The normalized spacial score (nSPS) is 11.1. The molecule has 0 amide bonds. The number of rotatable bonds is 9. The third kappa shape index (κ3) is 5.24. The lowest BCUT2D eigenvalue weighted by atomic mass is 10.2. The summed E-state index contributed by atoms with van der Waals surface area (Å²) in [5, 5.41) is 4.61.